The first-order valence-electron chi connectivity index (χ1n) is 9.06. The first-order chi connectivity index (χ1) is 11.9. The van der Waals surface area contributed by atoms with Gasteiger partial charge in [0.05, 0.1) is 0 Å². The Morgan fingerprint density at radius 1 is 1.12 bits per heavy atom. The number of carboxylic acids is 1. The second-order valence-corrected chi connectivity index (χ2v) is 6.53. The number of unbranched alkanes of at least 4 members (excludes halogenated alkanes) is 1. The smallest absolute Gasteiger partial charge is 0.364 e. The molecule has 2 atom stereocenters. The fourth-order valence-corrected chi connectivity index (χ4v) is 2.97. The molecule has 0 radical (unpaired) electrons. The highest BCUT2D eigenvalue weighted by Gasteiger charge is 2.32. The summed E-state index contributed by atoms with van der Waals surface area (Å²) >= 11 is 0. The van der Waals surface area contributed by atoms with Gasteiger partial charge in [0.1, 0.15) is 5.78 Å². The molecule has 0 aromatic heterocycles. The maximum atomic E-state index is 12.0. The van der Waals surface area contributed by atoms with Crippen LogP contribution in [0.1, 0.15) is 58.3 Å². The number of allylic oxidation sites excluding steroid dienone is 6. The molecule has 3 N–H and O–H groups in total. The van der Waals surface area contributed by atoms with Crippen molar-refractivity contribution >= 4 is 11.8 Å². The molecule has 0 saturated heterocycles. The van der Waals surface area contributed by atoms with Crippen LogP contribution in [0, 0.1) is 11.8 Å². The maximum Gasteiger partial charge on any atom is 0.364 e. The van der Waals surface area contributed by atoms with Gasteiger partial charge in [-0.3, -0.25) is 4.79 Å². The van der Waals surface area contributed by atoms with E-state index >= 15 is 0 Å². The number of rotatable bonds is 11. The van der Waals surface area contributed by atoms with Gasteiger partial charge in [0.2, 0.25) is 0 Å². The Kier molecular flexibility index (Phi) is 9.39. The molecule has 0 amide bonds. The van der Waals surface area contributed by atoms with E-state index in [0.29, 0.717) is 12.8 Å². The van der Waals surface area contributed by atoms with Crippen LogP contribution in [0.2, 0.25) is 0 Å². The van der Waals surface area contributed by atoms with Gasteiger partial charge in [-0.25, -0.2) is 4.79 Å². The van der Waals surface area contributed by atoms with Crippen LogP contribution in [0.15, 0.2) is 36.5 Å². The van der Waals surface area contributed by atoms with Gasteiger partial charge >= 0.3 is 5.97 Å². The van der Waals surface area contributed by atoms with E-state index in [-0.39, 0.29) is 30.5 Å². The van der Waals surface area contributed by atoms with E-state index in [2.05, 4.69) is 31.2 Å². The quantitative estimate of drug-likeness (QED) is 0.302. The van der Waals surface area contributed by atoms with Crippen LogP contribution >= 0.6 is 0 Å². The zero-order valence-electron chi connectivity index (χ0n) is 14.9. The number of aliphatic carboxylic acids is 1. The number of aliphatic hydroxyl groups is 2. The normalized spacial score (nSPS) is 22.0. The second-order valence-electron chi connectivity index (χ2n) is 6.53. The summed E-state index contributed by atoms with van der Waals surface area (Å²) in [6.07, 6.45) is 17.3. The van der Waals surface area contributed by atoms with Crippen LogP contribution in [0.25, 0.3) is 0 Å². The molecule has 0 aromatic rings. The monoisotopic (exact) mass is 350 g/mol. The average molecular weight is 350 g/mol. The van der Waals surface area contributed by atoms with Crippen molar-refractivity contribution in [3.8, 4) is 0 Å². The van der Waals surface area contributed by atoms with Crippen molar-refractivity contribution in [1.29, 1.82) is 0 Å². The van der Waals surface area contributed by atoms with Crippen LogP contribution in [-0.4, -0.2) is 32.9 Å². The fraction of sp³-hybridized carbons (Fsp3) is 0.600. The number of hydrogen-bond acceptors (Lipinski definition) is 4. The molecule has 0 aromatic carbocycles. The van der Waals surface area contributed by atoms with Gasteiger partial charge in [-0.15, -0.1) is 0 Å². The SMILES string of the molecule is CCC=CCCC=C[C@H]1CCC(=O)[C@@H]1CC=CCCC(O)(O)C(=O)O. The molecule has 25 heavy (non-hydrogen) atoms. The van der Waals surface area contributed by atoms with E-state index in [1.807, 2.05) is 6.08 Å². The maximum absolute atomic E-state index is 12.0. The molecule has 1 aliphatic rings. The summed E-state index contributed by atoms with van der Waals surface area (Å²) in [6, 6.07) is 0. The first-order valence-corrected chi connectivity index (χ1v) is 9.06. The highest BCUT2D eigenvalue weighted by Crippen LogP contribution is 2.33. The van der Waals surface area contributed by atoms with E-state index in [1.165, 1.54) is 0 Å². The Morgan fingerprint density at radius 2 is 1.80 bits per heavy atom. The minimum Gasteiger partial charge on any atom is -0.477 e. The molecule has 0 heterocycles. The predicted molar refractivity (Wildman–Crippen MR) is 96.8 cm³/mol. The largest absolute Gasteiger partial charge is 0.477 e. The van der Waals surface area contributed by atoms with E-state index in [4.69, 9.17) is 5.11 Å². The Labute approximate surface area is 149 Å². The van der Waals surface area contributed by atoms with E-state index in [0.717, 1.165) is 25.7 Å². The molecular weight excluding hydrogens is 320 g/mol. The van der Waals surface area contributed by atoms with E-state index in [9.17, 15) is 19.8 Å². The van der Waals surface area contributed by atoms with Crippen molar-refractivity contribution in [2.75, 3.05) is 0 Å². The number of hydrogen-bond donors (Lipinski definition) is 3. The van der Waals surface area contributed by atoms with E-state index < -0.39 is 11.8 Å². The van der Waals surface area contributed by atoms with Gasteiger partial charge in [-0.1, -0.05) is 43.4 Å². The van der Waals surface area contributed by atoms with Gasteiger partial charge in [0, 0.05) is 18.8 Å². The number of Topliss-reactive ketones (excluding diaryl/α,β-unsaturated/α-hetero) is 1. The molecule has 1 saturated carbocycles. The standard InChI is InChI=1S/C20H30O5/c1-2-3-4-5-6-8-11-16-13-14-18(21)17(16)12-9-7-10-15-20(24,25)19(22)23/h3-4,7-9,11,16-17,24-25H,2,5-6,10,12-15H2,1H3,(H,22,23)/t16-,17+/m0/s1. The molecule has 0 spiro atoms. The van der Waals surface area contributed by atoms with Crippen LogP contribution in [-0.2, 0) is 9.59 Å². The van der Waals surface area contributed by atoms with Crippen LogP contribution in [0.4, 0.5) is 0 Å². The Hall–Kier alpha value is -1.72. The summed E-state index contributed by atoms with van der Waals surface area (Å²) in [6.45, 7) is 2.11. The van der Waals surface area contributed by atoms with Crippen molar-refractivity contribution in [1.82, 2.24) is 0 Å². The third-order valence-electron chi connectivity index (χ3n) is 4.50. The summed E-state index contributed by atoms with van der Waals surface area (Å²) in [4.78, 5) is 22.6. The molecular formula is C20H30O5. The van der Waals surface area contributed by atoms with Gasteiger partial charge in [-0.2, -0.15) is 0 Å². The van der Waals surface area contributed by atoms with Crippen molar-refractivity contribution in [3.05, 3.63) is 36.5 Å². The zero-order chi connectivity index (χ0) is 18.7. The van der Waals surface area contributed by atoms with Crippen LogP contribution in [0.5, 0.6) is 0 Å². The summed E-state index contributed by atoms with van der Waals surface area (Å²) in [5, 5.41) is 27.0. The average Bonchev–Trinajstić information content (AvgIpc) is 2.90. The number of carbonyl (C=O) groups excluding carboxylic acids is 1. The van der Waals surface area contributed by atoms with Gasteiger partial charge in [0.15, 0.2) is 0 Å². The lowest BCUT2D eigenvalue weighted by atomic mass is 9.91. The lowest BCUT2D eigenvalue weighted by Crippen LogP contribution is -2.37. The zero-order valence-corrected chi connectivity index (χ0v) is 14.9. The fourth-order valence-electron chi connectivity index (χ4n) is 2.97. The summed E-state index contributed by atoms with van der Waals surface area (Å²) in [5.41, 5.74) is 0. The molecule has 5 nitrogen and oxygen atoms in total. The van der Waals surface area contributed by atoms with Gasteiger partial charge < -0.3 is 15.3 Å². The van der Waals surface area contributed by atoms with Crippen LogP contribution in [0.3, 0.4) is 0 Å². The summed E-state index contributed by atoms with van der Waals surface area (Å²) in [7, 11) is 0. The molecule has 5 heteroatoms. The Balaban J connectivity index is 2.40. The minimum absolute atomic E-state index is 0.0221. The molecule has 140 valence electrons. The molecule has 0 aliphatic heterocycles. The van der Waals surface area contributed by atoms with Crippen molar-refractivity contribution in [2.45, 2.75) is 64.1 Å². The van der Waals surface area contributed by atoms with Crippen molar-refractivity contribution in [3.63, 3.8) is 0 Å². The molecule has 1 fully saturated rings. The lowest BCUT2D eigenvalue weighted by Gasteiger charge is -2.15. The highest BCUT2D eigenvalue weighted by atomic mass is 16.5. The number of ketones is 1. The Morgan fingerprint density at radius 3 is 2.48 bits per heavy atom. The first kappa shape index (κ1) is 21.3. The third kappa shape index (κ3) is 7.80. The van der Waals surface area contributed by atoms with E-state index in [1.54, 1.807) is 6.08 Å². The van der Waals surface area contributed by atoms with Crippen LogP contribution < -0.4 is 0 Å². The molecule has 0 bridgehead atoms. The van der Waals surface area contributed by atoms with Gasteiger partial charge in [0.25, 0.3) is 5.79 Å². The predicted octanol–water partition coefficient (Wildman–Crippen LogP) is 3.38. The second kappa shape index (κ2) is 11.0. The highest BCUT2D eigenvalue weighted by molar-refractivity contribution is 5.83. The molecule has 0 unspecified atom stereocenters. The Bertz CT molecular complexity index is 516. The lowest BCUT2D eigenvalue weighted by molar-refractivity contribution is -0.205. The summed E-state index contributed by atoms with van der Waals surface area (Å²) in [5.74, 6) is -3.82. The van der Waals surface area contributed by atoms with Gasteiger partial charge in [-0.05, 0) is 44.4 Å². The minimum atomic E-state index is -2.69. The number of carbonyl (C=O) groups is 2. The summed E-state index contributed by atoms with van der Waals surface area (Å²) < 4.78 is 0. The number of carboxylic acid groups (broad SMARTS) is 1. The van der Waals surface area contributed by atoms with Crippen molar-refractivity contribution < 1.29 is 24.9 Å². The van der Waals surface area contributed by atoms with Crippen molar-refractivity contribution in [2.24, 2.45) is 11.8 Å². The molecule has 1 aliphatic carbocycles. The molecule has 1 rings (SSSR count). The third-order valence-corrected chi connectivity index (χ3v) is 4.50. The topological polar surface area (TPSA) is 94.8 Å².